The molecule has 0 heterocycles. The van der Waals surface area contributed by atoms with E-state index in [1.807, 2.05) is 33.8 Å². The average Bonchev–Trinajstić information content (AvgIpc) is 2.46. The highest BCUT2D eigenvalue weighted by Gasteiger charge is 2.31. The number of hydrogen-bond donors (Lipinski definition) is 2. The van der Waals surface area contributed by atoms with E-state index in [-0.39, 0.29) is 11.2 Å². The molecule has 2 aromatic carbocycles. The summed E-state index contributed by atoms with van der Waals surface area (Å²) in [5.41, 5.74) is 2.23. The highest BCUT2D eigenvalue weighted by atomic mass is 19.4. The Hall–Kier alpha value is -2.70. The van der Waals surface area contributed by atoms with Crippen molar-refractivity contribution in [3.63, 3.8) is 0 Å². The van der Waals surface area contributed by atoms with Crippen LogP contribution in [-0.4, -0.2) is 17.8 Å². The minimum atomic E-state index is -4.78. The first-order valence-corrected chi connectivity index (χ1v) is 7.99. The van der Waals surface area contributed by atoms with E-state index < -0.39 is 18.0 Å². The third-order valence-corrected chi connectivity index (χ3v) is 3.33. The summed E-state index contributed by atoms with van der Waals surface area (Å²) in [5.74, 6) is -0.819. The molecular formula is C19H21F3N2O2. The van der Waals surface area contributed by atoms with Gasteiger partial charge in [0.15, 0.2) is 0 Å². The van der Waals surface area contributed by atoms with Gasteiger partial charge in [0.1, 0.15) is 5.75 Å². The van der Waals surface area contributed by atoms with Crippen LogP contribution in [-0.2, 0) is 0 Å². The Labute approximate surface area is 150 Å². The zero-order chi connectivity index (χ0) is 19.5. The van der Waals surface area contributed by atoms with Gasteiger partial charge in [0.25, 0.3) is 5.91 Å². The first kappa shape index (κ1) is 19.6. The second-order valence-corrected chi connectivity index (χ2v) is 6.93. The van der Waals surface area contributed by atoms with Crippen molar-refractivity contribution in [3.05, 3.63) is 53.6 Å². The average molecular weight is 366 g/mol. The number of hydrogen-bond acceptors (Lipinski definition) is 3. The second kappa shape index (κ2) is 7.27. The number of anilines is 2. The van der Waals surface area contributed by atoms with Crippen molar-refractivity contribution in [2.45, 2.75) is 39.6 Å². The fraction of sp³-hybridized carbons (Fsp3) is 0.316. The third-order valence-electron chi connectivity index (χ3n) is 3.33. The number of rotatable bonds is 4. The van der Waals surface area contributed by atoms with Gasteiger partial charge in [-0.2, -0.15) is 0 Å². The van der Waals surface area contributed by atoms with Gasteiger partial charge in [-0.05, 0) is 57.5 Å². The summed E-state index contributed by atoms with van der Waals surface area (Å²) in [5, 5.41) is 5.90. The predicted octanol–water partition coefficient (Wildman–Crippen LogP) is 5.36. The molecule has 4 nitrogen and oxygen atoms in total. The molecule has 0 aliphatic carbocycles. The Balaban J connectivity index is 2.18. The lowest BCUT2D eigenvalue weighted by Crippen LogP contribution is -2.26. The van der Waals surface area contributed by atoms with E-state index in [0.717, 1.165) is 17.3 Å². The summed E-state index contributed by atoms with van der Waals surface area (Å²) in [4.78, 5) is 12.4. The topological polar surface area (TPSA) is 50.4 Å². The van der Waals surface area contributed by atoms with Gasteiger partial charge in [0, 0.05) is 28.5 Å². The number of nitrogens with one attached hydrogen (secondary N) is 2. The van der Waals surface area contributed by atoms with Crippen LogP contribution < -0.4 is 15.4 Å². The highest BCUT2D eigenvalue weighted by Crippen LogP contribution is 2.26. The second-order valence-electron chi connectivity index (χ2n) is 6.93. The van der Waals surface area contributed by atoms with Gasteiger partial charge in [0.2, 0.25) is 0 Å². The van der Waals surface area contributed by atoms with Gasteiger partial charge in [0.05, 0.1) is 0 Å². The molecule has 0 bridgehead atoms. The largest absolute Gasteiger partial charge is 0.573 e. The Morgan fingerprint density at radius 2 is 1.73 bits per heavy atom. The molecule has 0 saturated heterocycles. The zero-order valence-corrected chi connectivity index (χ0v) is 15.0. The molecule has 0 unspecified atom stereocenters. The van der Waals surface area contributed by atoms with E-state index in [2.05, 4.69) is 15.4 Å². The number of amides is 1. The number of halogens is 3. The van der Waals surface area contributed by atoms with Gasteiger partial charge in [-0.25, -0.2) is 0 Å². The van der Waals surface area contributed by atoms with Crippen molar-refractivity contribution in [2.75, 3.05) is 10.6 Å². The molecule has 0 fully saturated rings. The number of benzene rings is 2. The van der Waals surface area contributed by atoms with Gasteiger partial charge in [-0.1, -0.05) is 12.1 Å². The van der Waals surface area contributed by atoms with Crippen LogP contribution in [0.3, 0.4) is 0 Å². The van der Waals surface area contributed by atoms with Crippen molar-refractivity contribution in [1.29, 1.82) is 0 Å². The zero-order valence-electron chi connectivity index (χ0n) is 15.0. The molecule has 0 aliphatic rings. The van der Waals surface area contributed by atoms with Gasteiger partial charge < -0.3 is 15.4 Å². The Kier molecular flexibility index (Phi) is 5.49. The van der Waals surface area contributed by atoms with E-state index in [4.69, 9.17) is 0 Å². The first-order chi connectivity index (χ1) is 11.9. The molecule has 0 saturated carbocycles. The van der Waals surface area contributed by atoms with Gasteiger partial charge >= 0.3 is 6.36 Å². The monoisotopic (exact) mass is 366 g/mol. The number of alkyl halides is 3. The molecule has 0 atom stereocenters. The van der Waals surface area contributed by atoms with Gasteiger partial charge in [-0.15, -0.1) is 13.2 Å². The van der Waals surface area contributed by atoms with E-state index in [1.165, 1.54) is 18.2 Å². The normalized spacial score (nSPS) is 11.8. The maximum atomic E-state index is 12.4. The summed E-state index contributed by atoms with van der Waals surface area (Å²) in [6, 6.07) is 10.3. The minimum absolute atomic E-state index is 0.177. The highest BCUT2D eigenvalue weighted by molar-refractivity contribution is 6.05. The Morgan fingerprint density at radius 1 is 1.04 bits per heavy atom. The molecule has 0 aromatic heterocycles. The summed E-state index contributed by atoms with van der Waals surface area (Å²) >= 11 is 0. The minimum Gasteiger partial charge on any atom is -0.406 e. The predicted molar refractivity (Wildman–Crippen MR) is 95.6 cm³/mol. The smallest absolute Gasteiger partial charge is 0.406 e. The number of carbonyl (C=O) groups is 1. The molecule has 0 aliphatic heterocycles. The van der Waals surface area contributed by atoms with Gasteiger partial charge in [-0.3, -0.25) is 4.79 Å². The van der Waals surface area contributed by atoms with Crippen molar-refractivity contribution < 1.29 is 22.7 Å². The number of aryl methyl sites for hydroxylation is 1. The molecule has 7 heteroatoms. The third kappa shape index (κ3) is 5.98. The van der Waals surface area contributed by atoms with Crippen LogP contribution in [0.15, 0.2) is 42.5 Å². The van der Waals surface area contributed by atoms with Crippen molar-refractivity contribution in [2.24, 2.45) is 0 Å². The lowest BCUT2D eigenvalue weighted by Gasteiger charge is -2.24. The molecule has 1 amide bonds. The van der Waals surface area contributed by atoms with E-state index in [1.54, 1.807) is 12.1 Å². The van der Waals surface area contributed by atoms with E-state index in [9.17, 15) is 18.0 Å². The molecule has 2 aromatic rings. The molecule has 2 N–H and O–H groups in total. The van der Waals surface area contributed by atoms with E-state index >= 15 is 0 Å². The lowest BCUT2D eigenvalue weighted by atomic mass is 10.0. The maximum Gasteiger partial charge on any atom is 0.573 e. The van der Waals surface area contributed by atoms with Crippen molar-refractivity contribution >= 4 is 17.3 Å². The first-order valence-electron chi connectivity index (χ1n) is 7.99. The number of ether oxygens (including phenoxy) is 1. The lowest BCUT2D eigenvalue weighted by molar-refractivity contribution is -0.274. The molecule has 0 spiro atoms. The molecular weight excluding hydrogens is 345 g/mol. The van der Waals surface area contributed by atoms with Crippen LogP contribution in [0.4, 0.5) is 24.5 Å². The summed E-state index contributed by atoms with van der Waals surface area (Å²) in [7, 11) is 0. The van der Waals surface area contributed by atoms with Crippen LogP contribution >= 0.6 is 0 Å². The standard InChI is InChI=1S/C19H21F3N2O2/c1-12-8-9-13(10-16(12)24-18(2,3)4)17(25)23-14-6-5-7-15(11-14)26-19(20,21)22/h5-11,24H,1-4H3,(H,23,25). The van der Waals surface area contributed by atoms with E-state index in [0.29, 0.717) is 5.56 Å². The van der Waals surface area contributed by atoms with Crippen LogP contribution in [0.2, 0.25) is 0 Å². The number of carbonyl (C=O) groups excluding carboxylic acids is 1. The molecule has 0 radical (unpaired) electrons. The molecule has 2 rings (SSSR count). The fourth-order valence-electron chi connectivity index (χ4n) is 2.28. The SMILES string of the molecule is Cc1ccc(C(=O)Nc2cccc(OC(F)(F)F)c2)cc1NC(C)(C)C. The summed E-state index contributed by atoms with van der Waals surface area (Å²) in [6.07, 6.45) is -4.78. The maximum absolute atomic E-state index is 12.4. The Morgan fingerprint density at radius 3 is 2.35 bits per heavy atom. The quantitative estimate of drug-likeness (QED) is 0.766. The van der Waals surface area contributed by atoms with Crippen LogP contribution in [0.1, 0.15) is 36.7 Å². The van der Waals surface area contributed by atoms with Crippen LogP contribution in [0, 0.1) is 6.92 Å². The van der Waals surface area contributed by atoms with Crippen LogP contribution in [0.25, 0.3) is 0 Å². The Bertz CT molecular complexity index is 796. The fourth-order valence-corrected chi connectivity index (χ4v) is 2.28. The van der Waals surface area contributed by atoms with Crippen molar-refractivity contribution in [1.82, 2.24) is 0 Å². The van der Waals surface area contributed by atoms with Crippen LogP contribution in [0.5, 0.6) is 5.75 Å². The molecule has 140 valence electrons. The van der Waals surface area contributed by atoms with Crippen molar-refractivity contribution in [3.8, 4) is 5.75 Å². The summed E-state index contributed by atoms with van der Waals surface area (Å²) < 4.78 is 40.8. The molecule has 26 heavy (non-hydrogen) atoms. The summed E-state index contributed by atoms with van der Waals surface area (Å²) in [6.45, 7) is 7.94.